The van der Waals surface area contributed by atoms with Crippen molar-refractivity contribution in [2.24, 2.45) is 0 Å². The molecular weight excluding hydrogens is 126 g/mol. The molecule has 1 aromatic heterocycles. The van der Waals surface area contributed by atoms with E-state index in [9.17, 15) is 0 Å². The summed E-state index contributed by atoms with van der Waals surface area (Å²) in [5, 5.41) is 3.15. The fraction of sp³-hybridized carbons (Fsp3) is 0.714. The molecule has 10 heavy (non-hydrogen) atoms. The molecule has 1 N–H and O–H groups in total. The van der Waals surface area contributed by atoms with E-state index in [2.05, 4.69) is 28.6 Å². The second-order valence-corrected chi connectivity index (χ2v) is 2.82. The van der Waals surface area contributed by atoms with Crippen LogP contribution in [0.2, 0.25) is 0 Å². The van der Waals surface area contributed by atoms with Crippen molar-refractivity contribution in [1.29, 1.82) is 0 Å². The number of H-pyrrole nitrogens is 1. The molecule has 0 saturated carbocycles. The lowest BCUT2D eigenvalue weighted by Gasteiger charge is -1.97. The van der Waals surface area contributed by atoms with Crippen LogP contribution in [0.1, 0.15) is 31.5 Å². The van der Waals surface area contributed by atoms with Gasteiger partial charge in [-0.25, -0.2) is 0 Å². The van der Waals surface area contributed by atoms with Gasteiger partial charge in [0.2, 0.25) is 5.82 Å². The van der Waals surface area contributed by atoms with Crippen molar-refractivity contribution in [3.8, 4) is 0 Å². The summed E-state index contributed by atoms with van der Waals surface area (Å²) in [5.74, 6) is 2.03. The highest BCUT2D eigenvalue weighted by atomic mass is 15.4. The quantitative estimate of drug-likeness (QED) is 0.577. The van der Waals surface area contributed by atoms with Crippen molar-refractivity contribution in [3.05, 3.63) is 11.6 Å². The van der Waals surface area contributed by atoms with Crippen LogP contribution in [0, 0.1) is 13.8 Å². The lowest BCUT2D eigenvalue weighted by molar-refractivity contribution is -0.774. The summed E-state index contributed by atoms with van der Waals surface area (Å²) in [6, 6.07) is 0.473. The van der Waals surface area contributed by atoms with Gasteiger partial charge in [0.1, 0.15) is 6.04 Å². The zero-order valence-electron chi connectivity index (χ0n) is 6.97. The van der Waals surface area contributed by atoms with Crippen LogP contribution >= 0.6 is 0 Å². The second kappa shape index (κ2) is 2.40. The Morgan fingerprint density at radius 1 is 1.40 bits per heavy atom. The molecule has 1 rings (SSSR count). The summed E-state index contributed by atoms with van der Waals surface area (Å²) in [6.45, 7) is 8.23. The van der Waals surface area contributed by atoms with Crippen LogP contribution in [0.4, 0.5) is 0 Å². The van der Waals surface area contributed by atoms with Crippen molar-refractivity contribution < 1.29 is 4.68 Å². The van der Waals surface area contributed by atoms with Crippen molar-refractivity contribution >= 4 is 0 Å². The first-order valence-electron chi connectivity index (χ1n) is 3.56. The van der Waals surface area contributed by atoms with E-state index in [0.29, 0.717) is 6.04 Å². The number of rotatable bonds is 1. The maximum Gasteiger partial charge on any atom is 0.316 e. The molecule has 3 nitrogen and oxygen atoms in total. The Balaban J connectivity index is 3.03. The van der Waals surface area contributed by atoms with Gasteiger partial charge in [0.05, 0.1) is 0 Å². The monoisotopic (exact) mass is 140 g/mol. The third-order valence-electron chi connectivity index (χ3n) is 1.48. The summed E-state index contributed by atoms with van der Waals surface area (Å²) in [4.78, 5) is 4.24. The number of nitrogens with one attached hydrogen (secondary N) is 1. The number of nitrogens with zero attached hydrogens (tertiary/aromatic N) is 2. The van der Waals surface area contributed by atoms with Crippen LogP contribution in [0.15, 0.2) is 0 Å². The maximum atomic E-state index is 4.24. The minimum atomic E-state index is 0.473. The summed E-state index contributed by atoms with van der Waals surface area (Å²) in [5.41, 5.74) is 0. The van der Waals surface area contributed by atoms with Gasteiger partial charge in [-0.3, -0.25) is 0 Å². The molecule has 0 amide bonds. The van der Waals surface area contributed by atoms with Crippen molar-refractivity contribution in [1.82, 2.24) is 10.1 Å². The van der Waals surface area contributed by atoms with E-state index in [0.717, 1.165) is 11.6 Å². The highest BCUT2D eigenvalue weighted by Gasteiger charge is 2.13. The number of aryl methyl sites for hydroxylation is 2. The molecule has 0 spiro atoms. The number of hydrogen-bond donors (Lipinski definition) is 1. The largest absolute Gasteiger partial charge is 0.316 e. The third-order valence-corrected chi connectivity index (χ3v) is 1.48. The molecule has 0 atom stereocenters. The van der Waals surface area contributed by atoms with Crippen LogP contribution in [0.5, 0.6) is 0 Å². The van der Waals surface area contributed by atoms with Crippen molar-refractivity contribution in [2.45, 2.75) is 33.7 Å². The van der Waals surface area contributed by atoms with Crippen molar-refractivity contribution in [3.63, 3.8) is 0 Å². The maximum absolute atomic E-state index is 4.24. The molecule has 1 aromatic rings. The predicted octanol–water partition coefficient (Wildman–Crippen LogP) is 0.895. The third kappa shape index (κ3) is 1.17. The predicted molar refractivity (Wildman–Crippen MR) is 38.6 cm³/mol. The normalized spacial score (nSPS) is 10.9. The fourth-order valence-electron chi connectivity index (χ4n) is 1.08. The average molecular weight is 140 g/mol. The molecule has 0 saturated heterocycles. The second-order valence-electron chi connectivity index (χ2n) is 2.82. The van der Waals surface area contributed by atoms with Gasteiger partial charge >= 0.3 is 5.82 Å². The van der Waals surface area contributed by atoms with Crippen molar-refractivity contribution in [2.75, 3.05) is 0 Å². The Bertz CT molecular complexity index is 225. The van der Waals surface area contributed by atoms with Gasteiger partial charge in [-0.2, -0.15) is 9.78 Å². The van der Waals surface area contributed by atoms with Crippen LogP contribution < -0.4 is 4.68 Å². The van der Waals surface area contributed by atoms with Gasteiger partial charge in [0.15, 0.2) is 0 Å². The standard InChI is InChI=1S/C7H13N3/c1-5(2)10-7(4)8-6(3)9-10/h5H,1-4H3/p+1. The number of aromatic amines is 1. The van der Waals surface area contributed by atoms with E-state index in [1.165, 1.54) is 0 Å². The van der Waals surface area contributed by atoms with E-state index >= 15 is 0 Å². The van der Waals surface area contributed by atoms with E-state index in [-0.39, 0.29) is 0 Å². The summed E-state index contributed by atoms with van der Waals surface area (Å²) in [7, 11) is 0. The summed E-state index contributed by atoms with van der Waals surface area (Å²) in [6.07, 6.45) is 0. The summed E-state index contributed by atoms with van der Waals surface area (Å²) < 4.78 is 2.05. The fourth-order valence-corrected chi connectivity index (χ4v) is 1.08. The molecule has 0 aromatic carbocycles. The first-order chi connectivity index (χ1) is 4.61. The highest BCUT2D eigenvalue weighted by molar-refractivity contribution is 4.76. The van der Waals surface area contributed by atoms with Gasteiger partial charge in [0, 0.05) is 13.8 Å². The zero-order valence-corrected chi connectivity index (χ0v) is 6.97. The molecule has 3 heteroatoms. The molecule has 0 aliphatic rings. The first kappa shape index (κ1) is 7.25. The van der Waals surface area contributed by atoms with Gasteiger partial charge in [-0.15, -0.1) is 0 Å². The van der Waals surface area contributed by atoms with Gasteiger partial charge in [-0.1, -0.05) is 0 Å². The molecule has 0 aliphatic heterocycles. The number of aromatic nitrogens is 3. The van der Waals surface area contributed by atoms with E-state index in [1.54, 1.807) is 0 Å². The van der Waals surface area contributed by atoms with E-state index in [1.807, 2.05) is 13.8 Å². The van der Waals surface area contributed by atoms with E-state index in [4.69, 9.17) is 0 Å². The lowest BCUT2D eigenvalue weighted by Crippen LogP contribution is -2.40. The lowest BCUT2D eigenvalue weighted by atomic mass is 10.4. The van der Waals surface area contributed by atoms with Crippen LogP contribution in [0.3, 0.4) is 0 Å². The molecule has 0 fully saturated rings. The van der Waals surface area contributed by atoms with Gasteiger partial charge in [0.25, 0.3) is 0 Å². The zero-order chi connectivity index (χ0) is 7.72. The van der Waals surface area contributed by atoms with Crippen LogP contribution in [0.25, 0.3) is 0 Å². The number of hydrogen-bond acceptors (Lipinski definition) is 1. The topological polar surface area (TPSA) is 32.6 Å². The molecule has 0 unspecified atom stereocenters. The van der Waals surface area contributed by atoms with Crippen LogP contribution in [-0.2, 0) is 0 Å². The minimum Gasteiger partial charge on any atom is -0.191 e. The Hall–Kier alpha value is -0.860. The van der Waals surface area contributed by atoms with Gasteiger partial charge in [-0.05, 0) is 18.8 Å². The van der Waals surface area contributed by atoms with Crippen LogP contribution in [-0.4, -0.2) is 10.1 Å². The molecule has 56 valence electrons. The first-order valence-corrected chi connectivity index (χ1v) is 3.56. The molecular formula is C7H14N3+. The SMILES string of the molecule is Cc1nc(C)[n+](C(C)C)[nH]1. The Morgan fingerprint density at radius 2 is 2.00 bits per heavy atom. The molecule has 0 aliphatic carbocycles. The summed E-state index contributed by atoms with van der Waals surface area (Å²) >= 11 is 0. The van der Waals surface area contributed by atoms with E-state index < -0.39 is 0 Å². The highest BCUT2D eigenvalue weighted by Crippen LogP contribution is 1.93. The molecule has 1 heterocycles. The Morgan fingerprint density at radius 3 is 2.20 bits per heavy atom. The van der Waals surface area contributed by atoms with Gasteiger partial charge < -0.3 is 0 Å². The Labute approximate surface area is 61.1 Å². The molecule has 0 radical (unpaired) electrons. The Kier molecular flexibility index (Phi) is 1.74. The molecule has 0 bridgehead atoms. The smallest absolute Gasteiger partial charge is 0.191 e. The average Bonchev–Trinajstić information content (AvgIpc) is 2.10. The minimum absolute atomic E-state index is 0.473.